The third-order valence-electron chi connectivity index (χ3n) is 5.03. The zero-order valence-electron chi connectivity index (χ0n) is 14.9. The van der Waals surface area contributed by atoms with E-state index in [2.05, 4.69) is 0 Å². The SMILES string of the molecule is CCOC(=O)[C@@H]1[C@H]2CCC[C@H]2N(Cc2ccccc2)N1C(=O)OCC. The molecule has 136 valence electrons. The fourth-order valence-electron chi connectivity index (χ4n) is 4.08. The standard InChI is InChI=1S/C19H26N2O4/c1-3-24-18(22)17-15-11-8-12-16(15)20(21(17)19(23)25-4-2)13-14-9-6-5-7-10-14/h5-7,9-10,15-17H,3-4,8,11-13H2,1-2H3/t15-,16+,17-/m0/s1. The van der Waals surface area contributed by atoms with Crippen LogP contribution in [0.15, 0.2) is 30.3 Å². The predicted octanol–water partition coefficient (Wildman–Crippen LogP) is 2.98. The Morgan fingerprint density at radius 3 is 2.48 bits per heavy atom. The van der Waals surface area contributed by atoms with Gasteiger partial charge in [-0.15, -0.1) is 0 Å². The summed E-state index contributed by atoms with van der Waals surface area (Å²) in [6, 6.07) is 9.57. The maximum absolute atomic E-state index is 12.7. The molecule has 0 unspecified atom stereocenters. The number of benzene rings is 1. The molecule has 0 bridgehead atoms. The monoisotopic (exact) mass is 346 g/mol. The minimum atomic E-state index is -0.588. The second-order valence-electron chi connectivity index (χ2n) is 6.49. The van der Waals surface area contributed by atoms with Crippen LogP contribution in [0.5, 0.6) is 0 Å². The van der Waals surface area contributed by atoms with Crippen molar-refractivity contribution in [1.29, 1.82) is 0 Å². The van der Waals surface area contributed by atoms with Crippen LogP contribution in [0, 0.1) is 5.92 Å². The molecule has 1 aromatic carbocycles. The highest BCUT2D eigenvalue weighted by Gasteiger charge is 2.55. The first-order chi connectivity index (χ1) is 12.2. The molecule has 1 aliphatic heterocycles. The van der Waals surface area contributed by atoms with Gasteiger partial charge in [0.25, 0.3) is 0 Å². The topological polar surface area (TPSA) is 59.1 Å². The molecule has 1 saturated heterocycles. The fourth-order valence-corrected chi connectivity index (χ4v) is 4.08. The van der Waals surface area contributed by atoms with E-state index in [1.807, 2.05) is 35.3 Å². The normalized spacial score (nSPS) is 25.7. The van der Waals surface area contributed by atoms with Gasteiger partial charge in [0.2, 0.25) is 0 Å². The minimum absolute atomic E-state index is 0.104. The molecule has 2 aliphatic rings. The Bertz CT molecular complexity index is 607. The second kappa shape index (κ2) is 7.87. The summed E-state index contributed by atoms with van der Waals surface area (Å²) in [6.45, 7) is 4.73. The van der Waals surface area contributed by atoms with E-state index in [-0.39, 0.29) is 24.5 Å². The molecule has 0 radical (unpaired) electrons. The van der Waals surface area contributed by atoms with Crippen LogP contribution in [0.4, 0.5) is 4.79 Å². The van der Waals surface area contributed by atoms with Crippen LogP contribution < -0.4 is 0 Å². The molecular formula is C19H26N2O4. The number of hydrogen-bond donors (Lipinski definition) is 0. The van der Waals surface area contributed by atoms with Gasteiger partial charge in [-0.3, -0.25) is 0 Å². The number of fused-ring (bicyclic) bond motifs is 1. The van der Waals surface area contributed by atoms with Crippen molar-refractivity contribution in [2.75, 3.05) is 13.2 Å². The largest absolute Gasteiger partial charge is 0.464 e. The Balaban J connectivity index is 1.91. The predicted molar refractivity (Wildman–Crippen MR) is 92.4 cm³/mol. The van der Waals surface area contributed by atoms with E-state index in [9.17, 15) is 9.59 Å². The molecule has 6 heteroatoms. The van der Waals surface area contributed by atoms with Gasteiger partial charge in [0.1, 0.15) is 0 Å². The molecular weight excluding hydrogens is 320 g/mol. The number of carbonyl (C=O) groups is 2. The van der Waals surface area contributed by atoms with Gasteiger partial charge in [0, 0.05) is 18.5 Å². The number of hydrogen-bond acceptors (Lipinski definition) is 5. The van der Waals surface area contributed by atoms with Crippen LogP contribution in [0.3, 0.4) is 0 Å². The third-order valence-corrected chi connectivity index (χ3v) is 5.03. The van der Waals surface area contributed by atoms with Crippen molar-refractivity contribution in [3.63, 3.8) is 0 Å². The van der Waals surface area contributed by atoms with Crippen molar-refractivity contribution in [3.05, 3.63) is 35.9 Å². The Kier molecular flexibility index (Phi) is 5.58. The highest BCUT2D eigenvalue weighted by molar-refractivity contribution is 5.82. The lowest BCUT2D eigenvalue weighted by Crippen LogP contribution is -2.50. The molecule has 2 fully saturated rings. The zero-order valence-corrected chi connectivity index (χ0v) is 14.9. The van der Waals surface area contributed by atoms with E-state index < -0.39 is 12.1 Å². The fraction of sp³-hybridized carbons (Fsp3) is 0.579. The first-order valence-electron chi connectivity index (χ1n) is 9.10. The van der Waals surface area contributed by atoms with Crippen LogP contribution >= 0.6 is 0 Å². The highest BCUT2D eigenvalue weighted by Crippen LogP contribution is 2.43. The Morgan fingerprint density at radius 1 is 1.08 bits per heavy atom. The highest BCUT2D eigenvalue weighted by atomic mass is 16.6. The number of hydrazine groups is 1. The van der Waals surface area contributed by atoms with Crippen molar-refractivity contribution >= 4 is 12.1 Å². The quantitative estimate of drug-likeness (QED) is 0.767. The second-order valence-corrected chi connectivity index (χ2v) is 6.49. The third kappa shape index (κ3) is 3.49. The molecule has 6 nitrogen and oxygen atoms in total. The van der Waals surface area contributed by atoms with Crippen molar-refractivity contribution in [3.8, 4) is 0 Å². The molecule has 25 heavy (non-hydrogen) atoms. The first kappa shape index (κ1) is 17.7. The van der Waals surface area contributed by atoms with Gasteiger partial charge in [0.05, 0.1) is 13.2 Å². The van der Waals surface area contributed by atoms with Gasteiger partial charge >= 0.3 is 12.1 Å². The smallest absolute Gasteiger partial charge is 0.425 e. The van der Waals surface area contributed by atoms with E-state index in [0.717, 1.165) is 24.8 Å². The summed E-state index contributed by atoms with van der Waals surface area (Å²) in [7, 11) is 0. The van der Waals surface area contributed by atoms with Crippen molar-refractivity contribution < 1.29 is 19.1 Å². The van der Waals surface area contributed by atoms with Crippen molar-refractivity contribution in [2.45, 2.75) is 51.7 Å². The van der Waals surface area contributed by atoms with Gasteiger partial charge in [0.15, 0.2) is 6.04 Å². The molecule has 1 saturated carbocycles. The number of rotatable bonds is 5. The zero-order chi connectivity index (χ0) is 17.8. The Hall–Kier alpha value is -2.08. The minimum Gasteiger partial charge on any atom is -0.464 e. The van der Waals surface area contributed by atoms with Gasteiger partial charge in [-0.2, -0.15) is 0 Å². The van der Waals surface area contributed by atoms with Crippen LogP contribution in [0.25, 0.3) is 0 Å². The lowest BCUT2D eigenvalue weighted by atomic mass is 9.96. The molecule has 3 rings (SSSR count). The summed E-state index contributed by atoms with van der Waals surface area (Å²) in [6.07, 6.45) is 2.50. The van der Waals surface area contributed by atoms with Gasteiger partial charge in [-0.05, 0) is 32.3 Å². The maximum atomic E-state index is 12.7. The van der Waals surface area contributed by atoms with E-state index in [1.165, 1.54) is 5.01 Å². The summed E-state index contributed by atoms with van der Waals surface area (Å²) in [4.78, 5) is 25.3. The van der Waals surface area contributed by atoms with E-state index in [1.54, 1.807) is 13.8 Å². The number of ether oxygens (including phenoxy) is 2. The summed E-state index contributed by atoms with van der Waals surface area (Å²) < 4.78 is 10.5. The summed E-state index contributed by atoms with van der Waals surface area (Å²) >= 11 is 0. The van der Waals surface area contributed by atoms with E-state index in [4.69, 9.17) is 9.47 Å². The lowest BCUT2D eigenvalue weighted by Gasteiger charge is -2.33. The molecule has 3 atom stereocenters. The number of carbonyl (C=O) groups excluding carboxylic acids is 2. The number of esters is 1. The first-order valence-corrected chi connectivity index (χ1v) is 9.10. The van der Waals surface area contributed by atoms with Crippen LogP contribution in [0.2, 0.25) is 0 Å². The Morgan fingerprint density at radius 2 is 1.80 bits per heavy atom. The molecule has 1 aliphatic carbocycles. The molecule has 0 aromatic heterocycles. The molecule has 1 amide bonds. The van der Waals surface area contributed by atoms with Crippen molar-refractivity contribution in [1.82, 2.24) is 10.0 Å². The van der Waals surface area contributed by atoms with E-state index >= 15 is 0 Å². The van der Waals surface area contributed by atoms with Crippen LogP contribution in [-0.2, 0) is 20.8 Å². The number of amides is 1. The average Bonchev–Trinajstić information content (AvgIpc) is 3.18. The average molecular weight is 346 g/mol. The number of nitrogens with zero attached hydrogens (tertiary/aromatic N) is 2. The van der Waals surface area contributed by atoms with Crippen molar-refractivity contribution in [2.24, 2.45) is 5.92 Å². The summed E-state index contributed by atoms with van der Waals surface area (Å²) in [5.41, 5.74) is 1.10. The summed E-state index contributed by atoms with van der Waals surface area (Å²) in [5.74, 6) is -0.227. The lowest BCUT2D eigenvalue weighted by molar-refractivity contribution is -0.153. The maximum Gasteiger partial charge on any atom is 0.425 e. The molecule has 1 heterocycles. The van der Waals surface area contributed by atoms with Crippen LogP contribution in [0.1, 0.15) is 38.7 Å². The molecule has 0 N–H and O–H groups in total. The molecule has 1 aromatic rings. The van der Waals surface area contributed by atoms with Gasteiger partial charge in [-0.1, -0.05) is 36.8 Å². The van der Waals surface area contributed by atoms with E-state index in [0.29, 0.717) is 13.2 Å². The molecule has 0 spiro atoms. The van der Waals surface area contributed by atoms with Crippen LogP contribution in [-0.4, -0.2) is 47.4 Å². The van der Waals surface area contributed by atoms with Gasteiger partial charge < -0.3 is 9.47 Å². The Labute approximate surface area is 148 Å². The summed E-state index contributed by atoms with van der Waals surface area (Å²) in [5, 5.41) is 3.54. The van der Waals surface area contributed by atoms with Gasteiger partial charge in [-0.25, -0.2) is 19.6 Å².